The van der Waals surface area contributed by atoms with Crippen molar-refractivity contribution in [1.82, 2.24) is 14.5 Å². The van der Waals surface area contributed by atoms with Gasteiger partial charge in [0, 0.05) is 6.20 Å². The highest BCUT2D eigenvalue weighted by molar-refractivity contribution is 7.99. The third-order valence-electron chi connectivity index (χ3n) is 2.11. The number of nitrogens with zero attached hydrogens (tertiary/aromatic N) is 3. The Balaban J connectivity index is 2.39. The van der Waals surface area contributed by atoms with E-state index in [0.29, 0.717) is 11.2 Å². The van der Waals surface area contributed by atoms with E-state index >= 15 is 0 Å². The smallest absolute Gasteiger partial charge is 0.313 e. The second-order valence-corrected chi connectivity index (χ2v) is 4.37. The van der Waals surface area contributed by atoms with Gasteiger partial charge < -0.3 is 5.11 Å². The Bertz CT molecular complexity index is 573. The molecule has 0 spiro atoms. The predicted molar refractivity (Wildman–Crippen MR) is 61.9 cm³/mol. The number of thioether (sulfide) groups is 1. The summed E-state index contributed by atoms with van der Waals surface area (Å²) >= 11 is 0.902. The molecule has 2 aromatic heterocycles. The van der Waals surface area contributed by atoms with E-state index in [4.69, 9.17) is 5.11 Å². The summed E-state index contributed by atoms with van der Waals surface area (Å²) in [5, 5.41) is 8.84. The summed E-state index contributed by atoms with van der Waals surface area (Å²) in [7, 11) is 0. The Hall–Kier alpha value is -1.70. The number of aliphatic carboxylic acids is 1. The van der Waals surface area contributed by atoms with Crippen LogP contribution in [0.25, 0.3) is 11.2 Å². The van der Waals surface area contributed by atoms with Gasteiger partial charge in [-0.05, 0) is 12.1 Å². The molecule has 0 saturated carbocycles. The molecule has 2 aromatic rings. The molecule has 1 N–H and O–H groups in total. The fourth-order valence-electron chi connectivity index (χ4n) is 1.48. The molecule has 0 saturated heterocycles. The molecule has 0 aromatic carbocycles. The van der Waals surface area contributed by atoms with Crippen molar-refractivity contribution >= 4 is 28.9 Å². The van der Waals surface area contributed by atoms with Crippen LogP contribution in [0.2, 0.25) is 0 Å². The molecule has 0 radical (unpaired) electrons. The first-order valence-corrected chi connectivity index (χ1v) is 6.00. The molecule has 96 valence electrons. The van der Waals surface area contributed by atoms with Crippen molar-refractivity contribution in [1.29, 1.82) is 0 Å². The van der Waals surface area contributed by atoms with Crippen molar-refractivity contribution in [3.63, 3.8) is 0 Å². The van der Waals surface area contributed by atoms with E-state index in [1.54, 1.807) is 12.1 Å². The van der Waals surface area contributed by atoms with E-state index in [2.05, 4.69) is 9.97 Å². The third-order valence-corrected chi connectivity index (χ3v) is 3.08. The van der Waals surface area contributed by atoms with Crippen LogP contribution in [0.15, 0.2) is 23.5 Å². The van der Waals surface area contributed by atoms with Gasteiger partial charge in [0.15, 0.2) is 10.8 Å². The first-order valence-electron chi connectivity index (χ1n) is 5.02. The molecule has 0 aliphatic carbocycles. The van der Waals surface area contributed by atoms with Crippen molar-refractivity contribution in [3.05, 3.63) is 18.3 Å². The minimum Gasteiger partial charge on any atom is -0.481 e. The van der Waals surface area contributed by atoms with E-state index in [9.17, 15) is 13.6 Å². The minimum atomic E-state index is -2.55. The average molecular weight is 273 g/mol. The fourth-order valence-corrected chi connectivity index (χ4v) is 2.21. The molecular weight excluding hydrogens is 264 g/mol. The van der Waals surface area contributed by atoms with E-state index in [1.807, 2.05) is 0 Å². The molecule has 0 atom stereocenters. The number of carboxylic acid groups (broad SMARTS) is 1. The lowest BCUT2D eigenvalue weighted by atomic mass is 10.4. The van der Waals surface area contributed by atoms with Gasteiger partial charge >= 0.3 is 5.97 Å². The van der Waals surface area contributed by atoms with Crippen molar-refractivity contribution in [2.24, 2.45) is 0 Å². The molecule has 0 amide bonds. The zero-order valence-electron chi connectivity index (χ0n) is 9.08. The maximum Gasteiger partial charge on any atom is 0.313 e. The minimum absolute atomic E-state index is 0.230. The third kappa shape index (κ3) is 2.76. The van der Waals surface area contributed by atoms with Crippen LogP contribution in [-0.4, -0.2) is 37.8 Å². The highest BCUT2D eigenvalue weighted by Crippen LogP contribution is 2.23. The van der Waals surface area contributed by atoms with Crippen LogP contribution in [0.3, 0.4) is 0 Å². The zero-order chi connectivity index (χ0) is 13.1. The Kier molecular flexibility index (Phi) is 3.75. The standard InChI is InChI=1S/C10H9F2N3O2S/c11-7(12)4-15-9-6(2-1-3-13-9)14-10(15)18-5-8(16)17/h1-3,7H,4-5H2,(H,16,17). The Morgan fingerprint density at radius 1 is 1.56 bits per heavy atom. The van der Waals surface area contributed by atoms with Crippen molar-refractivity contribution in [2.75, 3.05) is 5.75 Å². The van der Waals surface area contributed by atoms with Crippen molar-refractivity contribution < 1.29 is 18.7 Å². The topological polar surface area (TPSA) is 68.0 Å². The molecular formula is C10H9F2N3O2S. The highest BCUT2D eigenvalue weighted by atomic mass is 32.2. The van der Waals surface area contributed by atoms with E-state index in [1.165, 1.54) is 10.8 Å². The number of fused-ring (bicyclic) bond motifs is 1. The number of imidazole rings is 1. The lowest BCUT2D eigenvalue weighted by molar-refractivity contribution is -0.133. The lowest BCUT2D eigenvalue weighted by Gasteiger charge is -2.06. The molecule has 8 heteroatoms. The van der Waals surface area contributed by atoms with Crippen LogP contribution in [-0.2, 0) is 11.3 Å². The van der Waals surface area contributed by atoms with Gasteiger partial charge in [-0.2, -0.15) is 0 Å². The average Bonchev–Trinajstić information content (AvgIpc) is 2.64. The summed E-state index contributed by atoms with van der Waals surface area (Å²) in [5.74, 6) is -1.25. The summed E-state index contributed by atoms with van der Waals surface area (Å²) in [6, 6.07) is 3.29. The van der Waals surface area contributed by atoms with E-state index in [0.717, 1.165) is 11.8 Å². The highest BCUT2D eigenvalue weighted by Gasteiger charge is 2.16. The first-order chi connectivity index (χ1) is 8.58. The number of carboxylic acids is 1. The lowest BCUT2D eigenvalue weighted by Crippen LogP contribution is -2.09. The zero-order valence-corrected chi connectivity index (χ0v) is 9.90. The number of aromatic nitrogens is 3. The van der Waals surface area contributed by atoms with Gasteiger partial charge in [-0.25, -0.2) is 18.7 Å². The number of rotatable bonds is 5. The summed E-state index contributed by atoms with van der Waals surface area (Å²) in [5.41, 5.74) is 0.816. The number of pyridine rings is 1. The van der Waals surface area contributed by atoms with Gasteiger partial charge in [0.1, 0.15) is 5.52 Å². The maximum atomic E-state index is 12.5. The molecule has 2 rings (SSSR count). The number of hydrogen-bond donors (Lipinski definition) is 1. The van der Waals surface area contributed by atoms with Crippen LogP contribution in [0.1, 0.15) is 0 Å². The van der Waals surface area contributed by atoms with Crippen LogP contribution in [0.4, 0.5) is 8.78 Å². The van der Waals surface area contributed by atoms with Crippen LogP contribution < -0.4 is 0 Å². The molecule has 18 heavy (non-hydrogen) atoms. The van der Waals surface area contributed by atoms with Gasteiger partial charge in [-0.3, -0.25) is 9.36 Å². The molecule has 5 nitrogen and oxygen atoms in total. The predicted octanol–water partition coefficient (Wildman–Crippen LogP) is 1.87. The number of halogens is 2. The van der Waals surface area contributed by atoms with Gasteiger partial charge in [-0.1, -0.05) is 11.8 Å². The van der Waals surface area contributed by atoms with Crippen LogP contribution in [0.5, 0.6) is 0 Å². The van der Waals surface area contributed by atoms with E-state index < -0.39 is 18.9 Å². The second kappa shape index (κ2) is 5.30. The Morgan fingerprint density at radius 3 is 3.00 bits per heavy atom. The molecule has 0 aliphatic rings. The summed E-state index contributed by atoms with van der Waals surface area (Å²) in [6.45, 7) is -0.546. The molecule has 0 aliphatic heterocycles. The maximum absolute atomic E-state index is 12.5. The monoisotopic (exact) mass is 273 g/mol. The Morgan fingerprint density at radius 2 is 2.33 bits per heavy atom. The van der Waals surface area contributed by atoms with Crippen molar-refractivity contribution in [3.8, 4) is 0 Å². The quantitative estimate of drug-likeness (QED) is 0.842. The van der Waals surface area contributed by atoms with Gasteiger partial charge in [0.2, 0.25) is 0 Å². The largest absolute Gasteiger partial charge is 0.481 e. The normalized spacial score (nSPS) is 11.3. The molecule has 0 fully saturated rings. The number of carbonyl (C=O) groups is 1. The van der Waals surface area contributed by atoms with Crippen LogP contribution >= 0.6 is 11.8 Å². The van der Waals surface area contributed by atoms with Gasteiger partial charge in [0.05, 0.1) is 12.3 Å². The fraction of sp³-hybridized carbons (Fsp3) is 0.300. The Labute approximate surface area is 105 Å². The van der Waals surface area contributed by atoms with Crippen molar-refractivity contribution in [2.45, 2.75) is 18.1 Å². The van der Waals surface area contributed by atoms with Gasteiger partial charge in [-0.15, -0.1) is 0 Å². The van der Waals surface area contributed by atoms with E-state index in [-0.39, 0.29) is 10.9 Å². The second-order valence-electron chi connectivity index (χ2n) is 3.42. The summed E-state index contributed by atoms with van der Waals surface area (Å²) < 4.78 is 26.2. The van der Waals surface area contributed by atoms with Crippen LogP contribution in [0, 0.1) is 0 Å². The number of hydrogen-bond acceptors (Lipinski definition) is 4. The SMILES string of the molecule is O=C(O)CSc1nc2cccnc2n1CC(F)F. The summed E-state index contributed by atoms with van der Waals surface area (Å²) in [6.07, 6.45) is -1.06. The van der Waals surface area contributed by atoms with Gasteiger partial charge in [0.25, 0.3) is 6.43 Å². The summed E-state index contributed by atoms with van der Waals surface area (Å²) in [4.78, 5) is 18.6. The number of alkyl halides is 2. The molecule has 0 bridgehead atoms. The molecule has 2 heterocycles. The first kappa shape index (κ1) is 12.7. The molecule has 0 unspecified atom stereocenters.